The molecule has 0 spiro atoms. The predicted molar refractivity (Wildman–Crippen MR) is 100 cm³/mol. The summed E-state index contributed by atoms with van der Waals surface area (Å²) in [5, 5.41) is 8.73. The molecule has 0 unspecified atom stereocenters. The zero-order valence-electron chi connectivity index (χ0n) is 13.7. The highest BCUT2D eigenvalue weighted by Gasteiger charge is 2.19. The summed E-state index contributed by atoms with van der Waals surface area (Å²) in [5.74, 6) is 1.04. The third-order valence-corrected chi connectivity index (χ3v) is 4.73. The van der Waals surface area contributed by atoms with Crippen molar-refractivity contribution in [3.63, 3.8) is 0 Å². The summed E-state index contributed by atoms with van der Waals surface area (Å²) in [6.45, 7) is 4.54. The largest absolute Gasteiger partial charge is 0.493 e. The van der Waals surface area contributed by atoms with Crippen molar-refractivity contribution in [1.82, 2.24) is 4.98 Å². The topological polar surface area (TPSA) is 72.0 Å². The van der Waals surface area contributed by atoms with Gasteiger partial charge in [-0.3, -0.25) is 5.41 Å². The van der Waals surface area contributed by atoms with Crippen LogP contribution in [0.1, 0.15) is 22.9 Å². The number of nitrogen functional groups attached to an aromatic ring is 1. The van der Waals surface area contributed by atoms with Gasteiger partial charge in [-0.2, -0.15) is 0 Å². The number of para-hydroxylation sites is 1. The molecule has 0 fully saturated rings. The Morgan fingerprint density at radius 3 is 2.71 bits per heavy atom. The number of anilines is 1. The van der Waals surface area contributed by atoms with Gasteiger partial charge in [-0.1, -0.05) is 12.1 Å². The summed E-state index contributed by atoms with van der Waals surface area (Å²) in [5.41, 5.74) is 8.75. The third-order valence-electron chi connectivity index (χ3n) is 3.69. The molecule has 0 aliphatic heterocycles. The number of rotatable bonds is 5. The summed E-state index contributed by atoms with van der Waals surface area (Å²) < 4.78 is 5.67. The van der Waals surface area contributed by atoms with Gasteiger partial charge in [0.25, 0.3) is 0 Å². The molecule has 122 valence electrons. The van der Waals surface area contributed by atoms with Crippen molar-refractivity contribution in [3.8, 4) is 16.2 Å². The monoisotopic (exact) mass is 337 g/mol. The van der Waals surface area contributed by atoms with E-state index in [0.717, 1.165) is 10.4 Å². The standard InChI is InChI=1S/C19H19N3OS/c1-3-23-15-7-5-4-6-13(15)18(20)17-14(10-11-22-19(17)21)16-9-8-12(2)24-16/h4-11,20H,3H2,1-2H3,(H2,21,22). The van der Waals surface area contributed by atoms with Gasteiger partial charge in [0.05, 0.1) is 17.9 Å². The summed E-state index contributed by atoms with van der Waals surface area (Å²) >= 11 is 1.68. The van der Waals surface area contributed by atoms with E-state index in [1.165, 1.54) is 4.88 Å². The first-order chi connectivity index (χ1) is 11.6. The highest BCUT2D eigenvalue weighted by molar-refractivity contribution is 7.15. The van der Waals surface area contributed by atoms with Crippen LogP contribution < -0.4 is 10.5 Å². The van der Waals surface area contributed by atoms with Crippen LogP contribution in [0.3, 0.4) is 0 Å². The van der Waals surface area contributed by atoms with Crippen LogP contribution in [0.4, 0.5) is 5.82 Å². The molecule has 4 nitrogen and oxygen atoms in total. The maximum absolute atomic E-state index is 8.73. The van der Waals surface area contributed by atoms with Gasteiger partial charge in [-0.05, 0) is 44.2 Å². The Hall–Kier alpha value is -2.66. The number of pyridine rings is 1. The Kier molecular flexibility index (Phi) is 4.62. The van der Waals surface area contributed by atoms with Gasteiger partial charge in [-0.25, -0.2) is 4.98 Å². The van der Waals surface area contributed by atoms with E-state index in [0.29, 0.717) is 35.0 Å². The lowest BCUT2D eigenvalue weighted by Gasteiger charge is -2.15. The molecule has 0 aliphatic carbocycles. The second-order valence-corrected chi connectivity index (χ2v) is 6.62. The Labute approximate surface area is 145 Å². The normalized spacial score (nSPS) is 10.6. The number of benzene rings is 1. The summed E-state index contributed by atoms with van der Waals surface area (Å²) in [6.07, 6.45) is 1.69. The predicted octanol–water partition coefficient (Wildman–Crippen LogP) is 4.52. The minimum absolute atomic E-state index is 0.325. The van der Waals surface area contributed by atoms with E-state index in [1.54, 1.807) is 17.5 Å². The van der Waals surface area contributed by atoms with E-state index in [4.69, 9.17) is 15.9 Å². The maximum atomic E-state index is 8.73. The molecular formula is C19H19N3OS. The Morgan fingerprint density at radius 2 is 2.00 bits per heavy atom. The molecular weight excluding hydrogens is 318 g/mol. The van der Waals surface area contributed by atoms with E-state index < -0.39 is 0 Å². The molecule has 2 aromatic heterocycles. The lowest BCUT2D eigenvalue weighted by atomic mass is 9.97. The average molecular weight is 337 g/mol. The number of aromatic nitrogens is 1. The van der Waals surface area contributed by atoms with Crippen molar-refractivity contribution in [2.75, 3.05) is 12.3 Å². The van der Waals surface area contributed by atoms with Crippen molar-refractivity contribution >= 4 is 22.9 Å². The molecule has 0 aliphatic rings. The van der Waals surface area contributed by atoms with Crippen molar-refractivity contribution in [3.05, 3.63) is 64.7 Å². The van der Waals surface area contributed by atoms with Gasteiger partial charge in [0.2, 0.25) is 0 Å². The number of thiophene rings is 1. The quantitative estimate of drug-likeness (QED) is 0.673. The number of aryl methyl sites for hydroxylation is 1. The van der Waals surface area contributed by atoms with Crippen LogP contribution in [0, 0.1) is 12.3 Å². The Balaban J connectivity index is 2.14. The van der Waals surface area contributed by atoms with Gasteiger partial charge >= 0.3 is 0 Å². The SMILES string of the molecule is CCOc1ccccc1C(=N)c1c(-c2ccc(C)s2)ccnc1N. The second kappa shape index (κ2) is 6.84. The van der Waals surface area contributed by atoms with Crippen LogP contribution in [-0.2, 0) is 0 Å². The number of nitrogens with zero attached hydrogens (tertiary/aromatic N) is 1. The smallest absolute Gasteiger partial charge is 0.133 e. The van der Waals surface area contributed by atoms with Crippen molar-refractivity contribution < 1.29 is 4.74 Å². The molecule has 0 amide bonds. The molecule has 3 aromatic rings. The van der Waals surface area contributed by atoms with Crippen molar-refractivity contribution in [1.29, 1.82) is 5.41 Å². The zero-order valence-corrected chi connectivity index (χ0v) is 14.5. The van der Waals surface area contributed by atoms with Crippen LogP contribution >= 0.6 is 11.3 Å². The summed E-state index contributed by atoms with van der Waals surface area (Å²) in [4.78, 5) is 6.49. The summed E-state index contributed by atoms with van der Waals surface area (Å²) in [7, 11) is 0. The molecule has 0 saturated heterocycles. The molecule has 2 heterocycles. The fourth-order valence-electron chi connectivity index (χ4n) is 2.61. The first-order valence-corrected chi connectivity index (χ1v) is 8.56. The van der Waals surface area contributed by atoms with Crippen LogP contribution in [0.5, 0.6) is 5.75 Å². The Bertz CT molecular complexity index is 886. The molecule has 0 saturated carbocycles. The van der Waals surface area contributed by atoms with Gasteiger partial charge in [0.15, 0.2) is 0 Å². The van der Waals surface area contributed by atoms with Gasteiger partial charge < -0.3 is 10.5 Å². The van der Waals surface area contributed by atoms with Gasteiger partial charge in [0.1, 0.15) is 11.6 Å². The summed E-state index contributed by atoms with van der Waals surface area (Å²) in [6, 6.07) is 13.6. The first-order valence-electron chi connectivity index (χ1n) is 7.74. The van der Waals surface area contributed by atoms with E-state index in [9.17, 15) is 0 Å². The first kappa shape index (κ1) is 16.2. The maximum Gasteiger partial charge on any atom is 0.133 e. The van der Waals surface area contributed by atoms with E-state index in [-0.39, 0.29) is 0 Å². The van der Waals surface area contributed by atoms with Crippen molar-refractivity contribution in [2.24, 2.45) is 0 Å². The average Bonchev–Trinajstić information content (AvgIpc) is 3.01. The molecule has 0 radical (unpaired) electrons. The number of ether oxygens (including phenoxy) is 1. The number of hydrogen-bond acceptors (Lipinski definition) is 5. The van der Waals surface area contributed by atoms with Crippen molar-refractivity contribution in [2.45, 2.75) is 13.8 Å². The lowest BCUT2D eigenvalue weighted by molar-refractivity contribution is 0.339. The van der Waals surface area contributed by atoms with E-state index in [1.807, 2.05) is 37.3 Å². The van der Waals surface area contributed by atoms with Crippen LogP contribution in [-0.4, -0.2) is 17.3 Å². The molecule has 3 N–H and O–H groups in total. The fourth-order valence-corrected chi connectivity index (χ4v) is 3.51. The minimum Gasteiger partial charge on any atom is -0.493 e. The fraction of sp³-hybridized carbons (Fsp3) is 0.158. The minimum atomic E-state index is 0.325. The number of nitrogens with one attached hydrogen (secondary N) is 1. The third kappa shape index (κ3) is 3.03. The Morgan fingerprint density at radius 1 is 1.21 bits per heavy atom. The van der Waals surface area contributed by atoms with Gasteiger partial charge in [0, 0.05) is 27.1 Å². The molecule has 0 bridgehead atoms. The molecule has 3 rings (SSSR count). The lowest BCUT2D eigenvalue weighted by Crippen LogP contribution is -2.10. The molecule has 24 heavy (non-hydrogen) atoms. The second-order valence-electron chi connectivity index (χ2n) is 5.33. The van der Waals surface area contributed by atoms with Crippen LogP contribution in [0.15, 0.2) is 48.7 Å². The molecule has 5 heteroatoms. The zero-order chi connectivity index (χ0) is 17.1. The number of nitrogens with two attached hydrogens (primary N) is 1. The van der Waals surface area contributed by atoms with Crippen LogP contribution in [0.25, 0.3) is 10.4 Å². The van der Waals surface area contributed by atoms with E-state index >= 15 is 0 Å². The molecule has 0 atom stereocenters. The van der Waals surface area contributed by atoms with Gasteiger partial charge in [-0.15, -0.1) is 11.3 Å². The van der Waals surface area contributed by atoms with E-state index in [2.05, 4.69) is 24.0 Å². The number of hydrogen-bond donors (Lipinski definition) is 2. The van der Waals surface area contributed by atoms with Crippen LogP contribution in [0.2, 0.25) is 0 Å². The molecule has 1 aromatic carbocycles. The highest BCUT2D eigenvalue weighted by atomic mass is 32.1. The highest BCUT2D eigenvalue weighted by Crippen LogP contribution is 2.34.